The Morgan fingerprint density at radius 2 is 2.36 bits per heavy atom. The lowest BCUT2D eigenvalue weighted by molar-refractivity contribution is 0.190. The van der Waals surface area contributed by atoms with E-state index in [1.807, 2.05) is 0 Å². The monoisotopic (exact) mass is 157 g/mol. The summed E-state index contributed by atoms with van der Waals surface area (Å²) in [7, 11) is 2.19. The van der Waals surface area contributed by atoms with E-state index in [4.69, 9.17) is 5.11 Å². The molecule has 2 unspecified atom stereocenters. The molecule has 0 aromatic carbocycles. The summed E-state index contributed by atoms with van der Waals surface area (Å²) in [4.78, 5) is 2.42. The lowest BCUT2D eigenvalue weighted by Gasteiger charge is -2.25. The minimum Gasteiger partial charge on any atom is -0.396 e. The van der Waals surface area contributed by atoms with Crippen LogP contribution in [0.1, 0.15) is 26.2 Å². The van der Waals surface area contributed by atoms with Gasteiger partial charge in [-0.05, 0) is 38.8 Å². The van der Waals surface area contributed by atoms with Crippen LogP contribution in [0, 0.1) is 5.92 Å². The van der Waals surface area contributed by atoms with Crippen molar-refractivity contribution < 1.29 is 5.11 Å². The number of aliphatic hydroxyl groups is 1. The summed E-state index contributed by atoms with van der Waals surface area (Å²) in [6.45, 7) is 3.81. The molecule has 0 saturated carbocycles. The van der Waals surface area contributed by atoms with E-state index < -0.39 is 0 Å². The Balaban J connectivity index is 2.33. The summed E-state index contributed by atoms with van der Waals surface area (Å²) in [5.41, 5.74) is 0. The second-order valence-electron chi connectivity index (χ2n) is 3.68. The molecule has 2 heteroatoms. The Bertz CT molecular complexity index is 116. The predicted octanol–water partition coefficient (Wildman–Crippen LogP) is 1.10. The molecular formula is C9H19NO. The van der Waals surface area contributed by atoms with E-state index in [1.165, 1.54) is 19.4 Å². The number of likely N-dealkylation sites (tertiary alicyclic amines) is 1. The van der Waals surface area contributed by atoms with Gasteiger partial charge in [-0.1, -0.05) is 6.92 Å². The van der Waals surface area contributed by atoms with Gasteiger partial charge in [0.25, 0.3) is 0 Å². The summed E-state index contributed by atoms with van der Waals surface area (Å²) in [5.74, 6) is 0.660. The van der Waals surface area contributed by atoms with Gasteiger partial charge in [-0.2, -0.15) is 0 Å². The van der Waals surface area contributed by atoms with Crippen molar-refractivity contribution in [3.05, 3.63) is 0 Å². The van der Waals surface area contributed by atoms with Crippen LogP contribution < -0.4 is 0 Å². The highest BCUT2D eigenvalue weighted by Gasteiger charge is 2.25. The zero-order valence-electron chi connectivity index (χ0n) is 7.58. The Morgan fingerprint density at radius 1 is 1.64 bits per heavy atom. The maximum Gasteiger partial charge on any atom is 0.0434 e. The smallest absolute Gasteiger partial charge is 0.0434 e. The van der Waals surface area contributed by atoms with Crippen molar-refractivity contribution in [3.8, 4) is 0 Å². The van der Waals surface area contributed by atoms with E-state index in [0.29, 0.717) is 12.5 Å². The molecule has 2 nitrogen and oxygen atoms in total. The van der Waals surface area contributed by atoms with E-state index >= 15 is 0 Å². The predicted molar refractivity (Wildman–Crippen MR) is 46.5 cm³/mol. The highest BCUT2D eigenvalue weighted by atomic mass is 16.3. The van der Waals surface area contributed by atoms with Crippen LogP contribution in [-0.4, -0.2) is 36.2 Å². The third-order valence-electron chi connectivity index (χ3n) is 2.82. The topological polar surface area (TPSA) is 23.5 Å². The molecule has 2 atom stereocenters. The Labute approximate surface area is 69.2 Å². The van der Waals surface area contributed by atoms with Crippen LogP contribution in [0.2, 0.25) is 0 Å². The molecule has 0 aliphatic carbocycles. The molecular weight excluding hydrogens is 138 g/mol. The number of aliphatic hydroxyl groups excluding tert-OH is 1. The van der Waals surface area contributed by atoms with Gasteiger partial charge in [0.1, 0.15) is 0 Å². The number of rotatable bonds is 3. The van der Waals surface area contributed by atoms with Gasteiger partial charge >= 0.3 is 0 Å². The maximum absolute atomic E-state index is 8.76. The van der Waals surface area contributed by atoms with E-state index in [1.54, 1.807) is 0 Å². The molecule has 1 N–H and O–H groups in total. The molecule has 0 bridgehead atoms. The lowest BCUT2D eigenvalue weighted by atomic mass is 9.97. The Hall–Kier alpha value is -0.0800. The van der Waals surface area contributed by atoms with Gasteiger partial charge in [0, 0.05) is 12.6 Å². The minimum atomic E-state index is 0.339. The van der Waals surface area contributed by atoms with Crippen LogP contribution in [0.4, 0.5) is 0 Å². The van der Waals surface area contributed by atoms with Crippen LogP contribution in [-0.2, 0) is 0 Å². The normalized spacial score (nSPS) is 29.2. The highest BCUT2D eigenvalue weighted by molar-refractivity contribution is 4.80. The SMILES string of the molecule is CC(CCO)C1CCCN1C. The summed E-state index contributed by atoms with van der Waals surface area (Å²) in [6, 6.07) is 0.724. The van der Waals surface area contributed by atoms with Crippen molar-refractivity contribution in [2.45, 2.75) is 32.2 Å². The average molecular weight is 157 g/mol. The zero-order valence-corrected chi connectivity index (χ0v) is 7.58. The fourth-order valence-corrected chi connectivity index (χ4v) is 2.05. The first kappa shape index (κ1) is 9.01. The Kier molecular flexibility index (Phi) is 3.34. The fraction of sp³-hybridized carbons (Fsp3) is 1.00. The van der Waals surface area contributed by atoms with E-state index in [2.05, 4.69) is 18.9 Å². The maximum atomic E-state index is 8.76. The van der Waals surface area contributed by atoms with Crippen molar-refractivity contribution in [2.24, 2.45) is 5.92 Å². The summed E-state index contributed by atoms with van der Waals surface area (Å²) < 4.78 is 0. The molecule has 66 valence electrons. The van der Waals surface area contributed by atoms with Gasteiger partial charge in [-0.15, -0.1) is 0 Å². The van der Waals surface area contributed by atoms with Crippen LogP contribution in [0.15, 0.2) is 0 Å². The van der Waals surface area contributed by atoms with Gasteiger partial charge in [0.15, 0.2) is 0 Å². The van der Waals surface area contributed by atoms with Crippen LogP contribution in [0.25, 0.3) is 0 Å². The van der Waals surface area contributed by atoms with Crippen molar-refractivity contribution >= 4 is 0 Å². The third kappa shape index (κ3) is 2.17. The van der Waals surface area contributed by atoms with Crippen molar-refractivity contribution in [2.75, 3.05) is 20.2 Å². The second kappa shape index (κ2) is 4.07. The van der Waals surface area contributed by atoms with Gasteiger partial charge in [-0.3, -0.25) is 0 Å². The molecule has 1 heterocycles. The van der Waals surface area contributed by atoms with Crippen LogP contribution in [0.3, 0.4) is 0 Å². The summed E-state index contributed by atoms with van der Waals surface area (Å²) in [6.07, 6.45) is 3.60. The first-order chi connectivity index (χ1) is 5.25. The molecule has 0 spiro atoms. The van der Waals surface area contributed by atoms with Crippen molar-refractivity contribution in [1.82, 2.24) is 4.90 Å². The minimum absolute atomic E-state index is 0.339. The number of hydrogen-bond acceptors (Lipinski definition) is 2. The molecule has 1 fully saturated rings. The first-order valence-corrected chi connectivity index (χ1v) is 4.57. The summed E-state index contributed by atoms with van der Waals surface area (Å²) in [5, 5.41) is 8.76. The van der Waals surface area contributed by atoms with Gasteiger partial charge < -0.3 is 10.0 Å². The lowest BCUT2D eigenvalue weighted by Crippen LogP contribution is -2.31. The fourth-order valence-electron chi connectivity index (χ4n) is 2.05. The third-order valence-corrected chi connectivity index (χ3v) is 2.82. The quantitative estimate of drug-likeness (QED) is 0.663. The molecule has 0 aromatic rings. The molecule has 11 heavy (non-hydrogen) atoms. The van der Waals surface area contributed by atoms with E-state index in [-0.39, 0.29) is 0 Å². The molecule has 1 aliphatic heterocycles. The number of hydrogen-bond donors (Lipinski definition) is 1. The Morgan fingerprint density at radius 3 is 2.82 bits per heavy atom. The molecule has 0 aromatic heterocycles. The largest absolute Gasteiger partial charge is 0.396 e. The molecule has 0 radical (unpaired) electrons. The molecule has 1 rings (SSSR count). The zero-order chi connectivity index (χ0) is 8.27. The number of nitrogens with zero attached hydrogens (tertiary/aromatic N) is 1. The first-order valence-electron chi connectivity index (χ1n) is 4.57. The van der Waals surface area contributed by atoms with Crippen molar-refractivity contribution in [1.29, 1.82) is 0 Å². The van der Waals surface area contributed by atoms with Gasteiger partial charge in [0.2, 0.25) is 0 Å². The molecule has 0 amide bonds. The van der Waals surface area contributed by atoms with Gasteiger partial charge in [-0.25, -0.2) is 0 Å². The highest BCUT2D eigenvalue weighted by Crippen LogP contribution is 2.23. The average Bonchev–Trinajstić information content (AvgIpc) is 2.36. The van der Waals surface area contributed by atoms with Crippen LogP contribution >= 0.6 is 0 Å². The van der Waals surface area contributed by atoms with Crippen LogP contribution in [0.5, 0.6) is 0 Å². The standard InChI is InChI=1S/C9H19NO/c1-8(5-7-11)9-4-3-6-10(9)2/h8-9,11H,3-7H2,1-2H3. The van der Waals surface area contributed by atoms with Gasteiger partial charge in [0.05, 0.1) is 0 Å². The van der Waals surface area contributed by atoms with E-state index in [0.717, 1.165) is 12.5 Å². The molecule has 1 saturated heterocycles. The van der Waals surface area contributed by atoms with E-state index in [9.17, 15) is 0 Å². The second-order valence-corrected chi connectivity index (χ2v) is 3.68. The van der Waals surface area contributed by atoms with Crippen molar-refractivity contribution in [3.63, 3.8) is 0 Å². The summed E-state index contributed by atoms with van der Waals surface area (Å²) >= 11 is 0. The molecule has 1 aliphatic rings.